The Morgan fingerprint density at radius 3 is 2.21 bits per heavy atom. The summed E-state index contributed by atoms with van der Waals surface area (Å²) in [7, 11) is -2.22. The Bertz CT molecular complexity index is 689. The number of sulfonamides is 1. The number of aromatic nitrogens is 2. The van der Waals surface area contributed by atoms with Crippen molar-refractivity contribution in [1.82, 2.24) is 10.2 Å². The highest BCUT2D eigenvalue weighted by Gasteiger charge is 2.25. The average molecular weight is 298 g/mol. The van der Waals surface area contributed by atoms with Gasteiger partial charge < -0.3 is 5.73 Å². The summed E-state index contributed by atoms with van der Waals surface area (Å²) < 4.78 is 25.8. The first kappa shape index (κ1) is 13.8. The van der Waals surface area contributed by atoms with Gasteiger partial charge in [0.25, 0.3) is 14.4 Å². The predicted octanol–water partition coefficient (Wildman–Crippen LogP) is 1.56. The Morgan fingerprint density at radius 2 is 1.74 bits per heavy atom. The van der Waals surface area contributed by atoms with Crippen LogP contribution in [0.1, 0.15) is 11.1 Å². The molecule has 1 aromatic heterocycles. The second kappa shape index (κ2) is 4.78. The third-order valence-electron chi connectivity index (χ3n) is 2.57. The highest BCUT2D eigenvalue weighted by molar-refractivity contribution is 7.94. The molecule has 0 aliphatic rings. The normalized spacial score (nSPS) is 11.5. The van der Waals surface area contributed by atoms with E-state index in [-0.39, 0.29) is 9.47 Å². The van der Waals surface area contributed by atoms with Gasteiger partial charge in [0.15, 0.2) is 0 Å². The first-order chi connectivity index (χ1) is 8.80. The monoisotopic (exact) mass is 298 g/mol. The molecule has 1 aromatic carbocycles. The van der Waals surface area contributed by atoms with Crippen LogP contribution in [0.15, 0.2) is 22.5 Å². The third kappa shape index (κ3) is 2.69. The van der Waals surface area contributed by atoms with Crippen LogP contribution in [0, 0.1) is 13.8 Å². The fourth-order valence-corrected chi connectivity index (χ4v) is 3.83. The smallest absolute Gasteiger partial charge is 0.293 e. The third-order valence-corrected chi connectivity index (χ3v) is 5.46. The molecule has 0 saturated carbocycles. The van der Waals surface area contributed by atoms with Crippen LogP contribution >= 0.6 is 11.3 Å². The Labute approximate surface area is 115 Å². The van der Waals surface area contributed by atoms with Crippen LogP contribution in [0.5, 0.6) is 0 Å². The van der Waals surface area contributed by atoms with Crippen molar-refractivity contribution in [2.75, 3.05) is 17.1 Å². The molecule has 1 heterocycles. The van der Waals surface area contributed by atoms with Gasteiger partial charge in [-0.15, -0.1) is 10.2 Å². The van der Waals surface area contributed by atoms with Gasteiger partial charge in [-0.2, -0.15) is 8.42 Å². The zero-order valence-corrected chi connectivity index (χ0v) is 12.4. The minimum absolute atomic E-state index is 0.105. The lowest BCUT2D eigenvalue weighted by Crippen LogP contribution is -2.26. The van der Waals surface area contributed by atoms with Crippen molar-refractivity contribution in [3.05, 3.63) is 29.3 Å². The van der Waals surface area contributed by atoms with Gasteiger partial charge in [-0.25, -0.2) is 0 Å². The topological polar surface area (TPSA) is 89.2 Å². The Hall–Kier alpha value is -1.67. The maximum Gasteiger partial charge on any atom is 0.293 e. The Balaban J connectivity index is 2.46. The molecule has 2 rings (SSSR count). The number of nitrogens with zero attached hydrogens (tertiary/aromatic N) is 3. The molecule has 0 aliphatic heterocycles. The summed E-state index contributed by atoms with van der Waals surface area (Å²) in [5, 5.41) is 7.26. The molecule has 8 heteroatoms. The number of aryl methyl sites for hydroxylation is 2. The summed E-state index contributed by atoms with van der Waals surface area (Å²) in [6.07, 6.45) is 0. The van der Waals surface area contributed by atoms with Gasteiger partial charge in [-0.1, -0.05) is 17.4 Å². The quantitative estimate of drug-likeness (QED) is 0.929. The molecule has 102 valence electrons. The lowest BCUT2D eigenvalue weighted by atomic mass is 10.1. The van der Waals surface area contributed by atoms with Gasteiger partial charge in [0, 0.05) is 7.05 Å². The maximum absolute atomic E-state index is 12.3. The van der Waals surface area contributed by atoms with E-state index >= 15 is 0 Å². The minimum Gasteiger partial charge on any atom is -0.374 e. The largest absolute Gasteiger partial charge is 0.374 e. The van der Waals surface area contributed by atoms with Crippen molar-refractivity contribution >= 4 is 32.2 Å². The first-order valence-corrected chi connectivity index (χ1v) is 7.72. The summed E-state index contributed by atoms with van der Waals surface area (Å²) in [4.78, 5) is 0. The molecular formula is C11H14N4O2S2. The molecule has 2 N–H and O–H groups in total. The zero-order valence-electron chi connectivity index (χ0n) is 10.8. The summed E-state index contributed by atoms with van der Waals surface area (Å²) in [5.41, 5.74) is 8.00. The van der Waals surface area contributed by atoms with Gasteiger partial charge in [0.05, 0.1) is 5.69 Å². The molecule has 19 heavy (non-hydrogen) atoms. The number of hydrogen-bond donors (Lipinski definition) is 1. The lowest BCUT2D eigenvalue weighted by molar-refractivity contribution is 0.592. The molecular weight excluding hydrogens is 284 g/mol. The van der Waals surface area contributed by atoms with Crippen LogP contribution in [0.3, 0.4) is 0 Å². The first-order valence-electron chi connectivity index (χ1n) is 5.47. The van der Waals surface area contributed by atoms with Gasteiger partial charge in [0.2, 0.25) is 5.13 Å². The number of nitrogen functional groups attached to an aromatic ring is 1. The number of anilines is 2. The van der Waals surface area contributed by atoms with E-state index in [0.717, 1.165) is 22.5 Å². The highest BCUT2D eigenvalue weighted by atomic mass is 32.2. The van der Waals surface area contributed by atoms with Crippen LogP contribution in [-0.2, 0) is 10.0 Å². The minimum atomic E-state index is -3.71. The molecule has 0 saturated heterocycles. The summed E-state index contributed by atoms with van der Waals surface area (Å²) in [6.45, 7) is 3.83. The molecule has 0 atom stereocenters. The van der Waals surface area contributed by atoms with E-state index < -0.39 is 10.0 Å². The number of benzene rings is 1. The Kier molecular flexibility index (Phi) is 3.46. The fraction of sp³-hybridized carbons (Fsp3) is 0.273. The van der Waals surface area contributed by atoms with E-state index in [9.17, 15) is 8.42 Å². The van der Waals surface area contributed by atoms with Gasteiger partial charge in [-0.3, -0.25) is 4.31 Å². The fourth-order valence-electron chi connectivity index (χ4n) is 1.71. The summed E-state index contributed by atoms with van der Waals surface area (Å²) in [6, 6.07) is 5.58. The van der Waals surface area contributed by atoms with E-state index in [2.05, 4.69) is 10.2 Å². The molecule has 0 radical (unpaired) electrons. The van der Waals surface area contributed by atoms with E-state index in [0.29, 0.717) is 5.69 Å². The lowest BCUT2D eigenvalue weighted by Gasteiger charge is -2.18. The zero-order chi connectivity index (χ0) is 14.2. The van der Waals surface area contributed by atoms with Crippen LogP contribution < -0.4 is 10.0 Å². The van der Waals surface area contributed by atoms with Gasteiger partial charge >= 0.3 is 0 Å². The molecule has 0 fully saturated rings. The van der Waals surface area contributed by atoms with E-state index in [1.165, 1.54) is 11.4 Å². The Morgan fingerprint density at radius 1 is 1.16 bits per heavy atom. The SMILES string of the molecule is Cc1cc(C)cc(N(C)S(=O)(=O)c2nnc(N)s2)c1. The van der Waals surface area contributed by atoms with Crippen molar-refractivity contribution < 1.29 is 8.42 Å². The molecule has 0 amide bonds. The van der Waals surface area contributed by atoms with Crippen molar-refractivity contribution in [3.63, 3.8) is 0 Å². The van der Waals surface area contributed by atoms with E-state index in [4.69, 9.17) is 5.73 Å². The molecule has 0 unspecified atom stereocenters. The second-order valence-corrected chi connectivity index (χ2v) is 7.38. The van der Waals surface area contributed by atoms with E-state index in [1.807, 2.05) is 19.9 Å². The van der Waals surface area contributed by atoms with E-state index in [1.54, 1.807) is 12.1 Å². The summed E-state index contributed by atoms with van der Waals surface area (Å²) >= 11 is 0.852. The van der Waals surface area contributed by atoms with Crippen molar-refractivity contribution in [2.24, 2.45) is 0 Å². The standard InChI is InChI=1S/C11H14N4O2S2/c1-7-4-8(2)6-9(5-7)15(3)19(16,17)11-14-13-10(12)18-11/h4-6H,1-3H3,(H2,12,13). The maximum atomic E-state index is 12.3. The van der Waals surface area contributed by atoms with Gasteiger partial charge in [0.1, 0.15) is 0 Å². The number of hydrogen-bond acceptors (Lipinski definition) is 6. The predicted molar refractivity (Wildman–Crippen MR) is 75.8 cm³/mol. The molecule has 0 bridgehead atoms. The number of rotatable bonds is 3. The van der Waals surface area contributed by atoms with Crippen molar-refractivity contribution in [1.29, 1.82) is 0 Å². The van der Waals surface area contributed by atoms with Crippen LogP contribution in [0.2, 0.25) is 0 Å². The van der Waals surface area contributed by atoms with Crippen LogP contribution in [0.4, 0.5) is 10.8 Å². The van der Waals surface area contributed by atoms with Crippen LogP contribution in [0.25, 0.3) is 0 Å². The second-order valence-electron chi connectivity index (χ2n) is 4.22. The summed E-state index contributed by atoms with van der Waals surface area (Å²) in [5.74, 6) is 0. The highest BCUT2D eigenvalue weighted by Crippen LogP contribution is 2.26. The molecule has 0 spiro atoms. The van der Waals surface area contributed by atoms with Crippen molar-refractivity contribution in [2.45, 2.75) is 18.2 Å². The van der Waals surface area contributed by atoms with Gasteiger partial charge in [-0.05, 0) is 37.1 Å². The number of nitrogens with two attached hydrogens (primary N) is 1. The molecule has 2 aromatic rings. The van der Waals surface area contributed by atoms with Crippen LogP contribution in [-0.4, -0.2) is 25.7 Å². The van der Waals surface area contributed by atoms with Crippen molar-refractivity contribution in [3.8, 4) is 0 Å². The molecule has 0 aliphatic carbocycles. The molecule has 6 nitrogen and oxygen atoms in total. The average Bonchev–Trinajstić information content (AvgIpc) is 2.74.